The van der Waals surface area contributed by atoms with E-state index in [0.29, 0.717) is 33.0 Å². The smallest absolute Gasteiger partial charge is 0.267 e. The molecule has 3 N–H and O–H groups in total. The highest BCUT2D eigenvalue weighted by molar-refractivity contribution is 6.35. The van der Waals surface area contributed by atoms with Crippen LogP contribution in [0.3, 0.4) is 0 Å². The summed E-state index contributed by atoms with van der Waals surface area (Å²) in [5.74, 6) is -0.0531. The van der Waals surface area contributed by atoms with Crippen molar-refractivity contribution >= 4 is 39.7 Å². The number of fused-ring (bicyclic) bond motifs is 2. The first-order chi connectivity index (χ1) is 16.0. The Morgan fingerprint density at radius 3 is 2.67 bits per heavy atom. The lowest BCUT2D eigenvalue weighted by Crippen LogP contribution is -2.33. The maximum Gasteiger partial charge on any atom is 0.267 e. The fourth-order valence-corrected chi connectivity index (χ4v) is 4.05. The molecule has 0 saturated heterocycles. The summed E-state index contributed by atoms with van der Waals surface area (Å²) in [5.41, 5.74) is 7.38. The number of hydrogen-bond acceptors (Lipinski definition) is 6. The molecule has 0 unspecified atom stereocenters. The van der Waals surface area contributed by atoms with Crippen LogP contribution in [0.2, 0.25) is 5.02 Å². The molecule has 3 heterocycles. The van der Waals surface area contributed by atoms with Gasteiger partial charge in [-0.25, -0.2) is 4.98 Å². The van der Waals surface area contributed by atoms with Crippen LogP contribution in [-0.2, 0) is 0 Å². The van der Waals surface area contributed by atoms with Gasteiger partial charge < -0.3 is 11.1 Å². The topological polar surface area (TPSA) is 120 Å². The Labute approximate surface area is 192 Å². The van der Waals surface area contributed by atoms with E-state index >= 15 is 0 Å². The molecule has 5 aromatic rings. The standard InChI is InChI=1S/C23H18ClN7O2/c1-13(27-22(32)19-17-11-6-12-26-31(17)29-20(19)25)21-28-16-10-5-9-15(24)18(16)23(33)30(21)14-7-3-2-4-8-14/h2-13H,1H3,(H2,25,29)(H,27,32)/t13-/m0/s1. The molecule has 0 bridgehead atoms. The van der Waals surface area contributed by atoms with Gasteiger partial charge in [0.15, 0.2) is 5.82 Å². The molecule has 1 atom stereocenters. The second kappa shape index (κ2) is 8.03. The van der Waals surface area contributed by atoms with E-state index in [1.54, 1.807) is 55.6 Å². The zero-order chi connectivity index (χ0) is 23.1. The Kier molecular flexibility index (Phi) is 5.02. The van der Waals surface area contributed by atoms with E-state index in [1.807, 2.05) is 18.2 Å². The molecular formula is C23H18ClN7O2. The molecule has 10 heteroatoms. The van der Waals surface area contributed by atoms with Gasteiger partial charge in [0.2, 0.25) is 0 Å². The molecule has 3 aromatic heterocycles. The van der Waals surface area contributed by atoms with E-state index in [2.05, 4.69) is 15.5 Å². The Morgan fingerprint density at radius 1 is 1.09 bits per heavy atom. The van der Waals surface area contributed by atoms with Crippen LogP contribution in [0, 0.1) is 0 Å². The van der Waals surface area contributed by atoms with Gasteiger partial charge in [-0.1, -0.05) is 35.9 Å². The lowest BCUT2D eigenvalue weighted by atomic mass is 10.1. The summed E-state index contributed by atoms with van der Waals surface area (Å²) >= 11 is 6.33. The number of amides is 1. The normalized spacial score (nSPS) is 12.2. The SMILES string of the molecule is C[C@H](NC(=O)c1c(N)nn2ncccc12)c1nc2cccc(Cl)c2c(=O)n1-c1ccccc1. The van der Waals surface area contributed by atoms with Gasteiger partial charge in [0.05, 0.1) is 27.7 Å². The summed E-state index contributed by atoms with van der Waals surface area (Å²) in [4.78, 5) is 31.4. The largest absolute Gasteiger partial charge is 0.381 e. The van der Waals surface area contributed by atoms with Crippen LogP contribution >= 0.6 is 11.6 Å². The monoisotopic (exact) mass is 459 g/mol. The molecule has 0 aliphatic carbocycles. The van der Waals surface area contributed by atoms with Crippen LogP contribution in [0.1, 0.15) is 29.1 Å². The molecule has 0 saturated carbocycles. The van der Waals surface area contributed by atoms with Gasteiger partial charge in [0.25, 0.3) is 11.5 Å². The number of anilines is 1. The fourth-order valence-electron chi connectivity index (χ4n) is 3.80. The third kappa shape index (κ3) is 3.48. The second-order valence-electron chi connectivity index (χ2n) is 7.43. The highest BCUT2D eigenvalue weighted by atomic mass is 35.5. The lowest BCUT2D eigenvalue weighted by Gasteiger charge is -2.20. The molecule has 9 nitrogen and oxygen atoms in total. The van der Waals surface area contributed by atoms with Crippen molar-refractivity contribution in [3.63, 3.8) is 0 Å². The lowest BCUT2D eigenvalue weighted by molar-refractivity contribution is 0.0940. The van der Waals surface area contributed by atoms with Crippen molar-refractivity contribution < 1.29 is 4.79 Å². The number of hydrogen-bond donors (Lipinski definition) is 2. The summed E-state index contributed by atoms with van der Waals surface area (Å²) in [5, 5.41) is 11.7. The zero-order valence-electron chi connectivity index (χ0n) is 17.4. The number of carbonyl (C=O) groups excluding carboxylic acids is 1. The van der Waals surface area contributed by atoms with Gasteiger partial charge in [-0.2, -0.15) is 5.10 Å². The maximum absolute atomic E-state index is 13.5. The van der Waals surface area contributed by atoms with Crippen molar-refractivity contribution in [1.29, 1.82) is 0 Å². The summed E-state index contributed by atoms with van der Waals surface area (Å²) in [6.45, 7) is 1.75. The minimum atomic E-state index is -0.653. The van der Waals surface area contributed by atoms with Gasteiger partial charge in [-0.05, 0) is 43.3 Å². The van der Waals surface area contributed by atoms with Gasteiger partial charge in [0, 0.05) is 6.20 Å². The van der Waals surface area contributed by atoms with Crippen molar-refractivity contribution in [2.24, 2.45) is 0 Å². The van der Waals surface area contributed by atoms with Crippen LogP contribution in [0.15, 0.2) is 71.7 Å². The number of nitrogens with two attached hydrogens (primary N) is 1. The van der Waals surface area contributed by atoms with Crippen molar-refractivity contribution in [3.05, 3.63) is 93.6 Å². The molecule has 0 aliphatic rings. The Balaban J connectivity index is 1.64. The first-order valence-corrected chi connectivity index (χ1v) is 10.5. The number of rotatable bonds is 4. The van der Waals surface area contributed by atoms with Crippen molar-refractivity contribution in [2.75, 3.05) is 5.73 Å². The van der Waals surface area contributed by atoms with Crippen LogP contribution in [0.25, 0.3) is 22.1 Å². The van der Waals surface area contributed by atoms with Crippen LogP contribution in [-0.4, -0.2) is 30.3 Å². The van der Waals surface area contributed by atoms with E-state index in [4.69, 9.17) is 22.3 Å². The number of carbonyl (C=O) groups is 1. The number of aromatic nitrogens is 5. The number of nitrogens with one attached hydrogen (secondary N) is 1. The van der Waals surface area contributed by atoms with E-state index < -0.39 is 11.9 Å². The Morgan fingerprint density at radius 2 is 1.88 bits per heavy atom. The van der Waals surface area contributed by atoms with Crippen LogP contribution in [0.5, 0.6) is 0 Å². The van der Waals surface area contributed by atoms with Crippen LogP contribution < -0.4 is 16.6 Å². The first kappa shape index (κ1) is 20.7. The van der Waals surface area contributed by atoms with E-state index in [0.717, 1.165) is 0 Å². The Hall–Kier alpha value is -4.24. The first-order valence-electron chi connectivity index (χ1n) is 10.1. The maximum atomic E-state index is 13.5. The van der Waals surface area contributed by atoms with Gasteiger partial charge >= 0.3 is 0 Å². The second-order valence-corrected chi connectivity index (χ2v) is 7.84. The highest BCUT2D eigenvalue weighted by Gasteiger charge is 2.24. The summed E-state index contributed by atoms with van der Waals surface area (Å²) < 4.78 is 2.76. The van der Waals surface area contributed by atoms with Crippen molar-refractivity contribution in [2.45, 2.75) is 13.0 Å². The van der Waals surface area contributed by atoms with Crippen molar-refractivity contribution in [3.8, 4) is 5.69 Å². The van der Waals surface area contributed by atoms with Gasteiger partial charge in [-0.15, -0.1) is 9.73 Å². The van der Waals surface area contributed by atoms with E-state index in [9.17, 15) is 9.59 Å². The third-order valence-electron chi connectivity index (χ3n) is 5.30. The number of benzene rings is 2. The van der Waals surface area contributed by atoms with Crippen molar-refractivity contribution in [1.82, 2.24) is 29.7 Å². The predicted octanol–water partition coefficient (Wildman–Crippen LogP) is 3.16. The number of para-hydroxylation sites is 1. The zero-order valence-corrected chi connectivity index (χ0v) is 18.2. The number of nitrogen functional groups attached to an aromatic ring is 1. The highest BCUT2D eigenvalue weighted by Crippen LogP contribution is 2.24. The molecule has 0 aliphatic heterocycles. The molecule has 33 heavy (non-hydrogen) atoms. The molecule has 0 spiro atoms. The minimum absolute atomic E-state index is 0.0529. The average molecular weight is 460 g/mol. The number of halogens is 1. The van der Waals surface area contributed by atoms with Gasteiger partial charge in [0.1, 0.15) is 16.9 Å². The Bertz CT molecular complexity index is 1580. The molecule has 2 aromatic carbocycles. The molecular weight excluding hydrogens is 442 g/mol. The summed E-state index contributed by atoms with van der Waals surface area (Å²) in [6, 6.07) is 16.9. The van der Waals surface area contributed by atoms with E-state index in [-0.39, 0.29) is 16.9 Å². The molecule has 0 fully saturated rings. The minimum Gasteiger partial charge on any atom is -0.381 e. The van der Waals surface area contributed by atoms with E-state index in [1.165, 1.54) is 9.20 Å². The quantitative estimate of drug-likeness (QED) is 0.426. The summed E-state index contributed by atoms with van der Waals surface area (Å²) in [6.07, 6.45) is 1.55. The predicted molar refractivity (Wildman–Crippen MR) is 126 cm³/mol. The summed E-state index contributed by atoms with van der Waals surface area (Å²) in [7, 11) is 0. The molecule has 164 valence electrons. The molecule has 5 rings (SSSR count). The molecule has 0 radical (unpaired) electrons. The fraction of sp³-hybridized carbons (Fsp3) is 0.0870. The molecule has 1 amide bonds. The number of nitrogens with zero attached hydrogens (tertiary/aromatic N) is 5. The van der Waals surface area contributed by atoms with Gasteiger partial charge in [-0.3, -0.25) is 14.2 Å². The van der Waals surface area contributed by atoms with Crippen LogP contribution in [0.4, 0.5) is 5.82 Å². The third-order valence-corrected chi connectivity index (χ3v) is 5.61. The average Bonchev–Trinajstić information content (AvgIpc) is 3.15.